The van der Waals surface area contributed by atoms with Crippen molar-refractivity contribution in [3.63, 3.8) is 0 Å². The second kappa shape index (κ2) is 5.72. The first kappa shape index (κ1) is 12.6. The SMILES string of the molecule is BrCC1CCCN(Cc2csc3ccccc23)C1. The Kier molecular flexibility index (Phi) is 4.02. The zero-order chi connectivity index (χ0) is 12.4. The van der Waals surface area contributed by atoms with E-state index < -0.39 is 0 Å². The van der Waals surface area contributed by atoms with Gasteiger partial charge in [-0.2, -0.15) is 0 Å². The summed E-state index contributed by atoms with van der Waals surface area (Å²) >= 11 is 5.50. The lowest BCUT2D eigenvalue weighted by molar-refractivity contribution is 0.180. The summed E-state index contributed by atoms with van der Waals surface area (Å²) in [5, 5.41) is 4.93. The number of piperidine rings is 1. The van der Waals surface area contributed by atoms with Gasteiger partial charge in [-0.1, -0.05) is 34.1 Å². The molecule has 1 atom stereocenters. The van der Waals surface area contributed by atoms with Crippen LogP contribution >= 0.6 is 27.3 Å². The van der Waals surface area contributed by atoms with E-state index in [9.17, 15) is 0 Å². The van der Waals surface area contributed by atoms with E-state index in [1.807, 2.05) is 11.3 Å². The van der Waals surface area contributed by atoms with E-state index in [0.717, 1.165) is 17.8 Å². The molecular weight excluding hydrogens is 306 g/mol. The van der Waals surface area contributed by atoms with E-state index in [-0.39, 0.29) is 0 Å². The standard InChI is InChI=1S/C15H18BrNS/c16-8-12-4-3-7-17(9-12)10-13-11-18-15-6-2-1-5-14(13)15/h1-2,5-6,11-12H,3-4,7-10H2. The summed E-state index contributed by atoms with van der Waals surface area (Å²) in [6.07, 6.45) is 2.73. The number of rotatable bonds is 3. The van der Waals surface area contributed by atoms with Crippen LogP contribution in [0.25, 0.3) is 10.1 Å². The van der Waals surface area contributed by atoms with Crippen LogP contribution in [0.2, 0.25) is 0 Å². The van der Waals surface area contributed by atoms with Crippen molar-refractivity contribution >= 4 is 37.4 Å². The van der Waals surface area contributed by atoms with Crippen molar-refractivity contribution in [1.29, 1.82) is 0 Å². The molecule has 96 valence electrons. The van der Waals surface area contributed by atoms with Crippen LogP contribution in [0.5, 0.6) is 0 Å². The number of fused-ring (bicyclic) bond motifs is 1. The molecule has 1 saturated heterocycles. The molecule has 0 N–H and O–H groups in total. The molecule has 0 spiro atoms. The molecule has 18 heavy (non-hydrogen) atoms. The van der Waals surface area contributed by atoms with Crippen LogP contribution in [0, 0.1) is 5.92 Å². The fourth-order valence-electron chi connectivity index (χ4n) is 2.82. The number of hydrogen-bond acceptors (Lipinski definition) is 2. The molecular formula is C15H18BrNS. The number of halogens is 1. The highest BCUT2D eigenvalue weighted by Crippen LogP contribution is 2.28. The lowest BCUT2D eigenvalue weighted by atomic mass is 9.99. The first-order chi connectivity index (χ1) is 8.86. The van der Waals surface area contributed by atoms with Gasteiger partial charge in [0.15, 0.2) is 0 Å². The Bertz CT molecular complexity index is 522. The van der Waals surface area contributed by atoms with Gasteiger partial charge in [-0.15, -0.1) is 11.3 Å². The molecule has 3 rings (SSSR count). The summed E-state index contributed by atoms with van der Waals surface area (Å²) < 4.78 is 1.42. The van der Waals surface area contributed by atoms with Gasteiger partial charge in [-0.05, 0) is 47.7 Å². The minimum atomic E-state index is 0.837. The normalized spacial score (nSPS) is 21.5. The number of benzene rings is 1. The van der Waals surface area contributed by atoms with Crippen LogP contribution in [0.1, 0.15) is 18.4 Å². The molecule has 0 aliphatic carbocycles. The average molecular weight is 324 g/mol. The fraction of sp³-hybridized carbons (Fsp3) is 0.467. The van der Waals surface area contributed by atoms with Crippen LogP contribution in [0.15, 0.2) is 29.6 Å². The Morgan fingerprint density at radius 2 is 2.22 bits per heavy atom. The number of likely N-dealkylation sites (tertiary alicyclic amines) is 1. The van der Waals surface area contributed by atoms with E-state index in [1.165, 1.54) is 41.6 Å². The fourth-order valence-corrected chi connectivity index (χ4v) is 4.30. The molecule has 2 heterocycles. The van der Waals surface area contributed by atoms with E-state index in [0.29, 0.717) is 0 Å². The number of hydrogen-bond donors (Lipinski definition) is 0. The van der Waals surface area contributed by atoms with Gasteiger partial charge in [0.05, 0.1) is 0 Å². The van der Waals surface area contributed by atoms with Crippen molar-refractivity contribution in [3.8, 4) is 0 Å². The van der Waals surface area contributed by atoms with Gasteiger partial charge >= 0.3 is 0 Å². The van der Waals surface area contributed by atoms with Crippen molar-refractivity contribution in [1.82, 2.24) is 4.90 Å². The number of alkyl halides is 1. The lowest BCUT2D eigenvalue weighted by Crippen LogP contribution is -2.35. The maximum atomic E-state index is 3.63. The zero-order valence-electron chi connectivity index (χ0n) is 10.4. The Hall–Kier alpha value is -0.380. The first-order valence-electron chi connectivity index (χ1n) is 6.60. The highest BCUT2D eigenvalue weighted by atomic mass is 79.9. The molecule has 2 aromatic rings. The lowest BCUT2D eigenvalue weighted by Gasteiger charge is -2.31. The predicted octanol–water partition coefficient (Wildman–Crippen LogP) is 4.51. The zero-order valence-corrected chi connectivity index (χ0v) is 12.8. The minimum absolute atomic E-state index is 0.837. The summed E-state index contributed by atoms with van der Waals surface area (Å²) in [6, 6.07) is 8.76. The third-order valence-corrected chi connectivity index (χ3v) is 5.70. The first-order valence-corrected chi connectivity index (χ1v) is 8.60. The third-order valence-electron chi connectivity index (χ3n) is 3.78. The highest BCUT2D eigenvalue weighted by Gasteiger charge is 2.19. The van der Waals surface area contributed by atoms with E-state index in [4.69, 9.17) is 0 Å². The van der Waals surface area contributed by atoms with Gasteiger partial charge < -0.3 is 0 Å². The van der Waals surface area contributed by atoms with Gasteiger partial charge in [-0.3, -0.25) is 4.90 Å². The summed E-state index contributed by atoms with van der Waals surface area (Å²) in [4.78, 5) is 2.62. The van der Waals surface area contributed by atoms with Crippen LogP contribution in [-0.4, -0.2) is 23.3 Å². The quantitative estimate of drug-likeness (QED) is 0.751. The van der Waals surface area contributed by atoms with Crippen molar-refractivity contribution in [2.75, 3.05) is 18.4 Å². The molecule has 0 saturated carbocycles. The van der Waals surface area contributed by atoms with E-state index in [2.05, 4.69) is 50.5 Å². The summed E-state index contributed by atoms with van der Waals surface area (Å²) in [7, 11) is 0. The molecule has 1 nitrogen and oxygen atoms in total. The maximum Gasteiger partial charge on any atom is 0.0346 e. The third kappa shape index (κ3) is 2.63. The van der Waals surface area contributed by atoms with E-state index in [1.54, 1.807) is 0 Å². The Morgan fingerprint density at radius 1 is 1.33 bits per heavy atom. The molecule has 1 aliphatic heterocycles. The Labute approximate surface area is 121 Å². The molecule has 1 aliphatic rings. The van der Waals surface area contributed by atoms with Crippen molar-refractivity contribution in [2.24, 2.45) is 5.92 Å². The predicted molar refractivity (Wildman–Crippen MR) is 83.6 cm³/mol. The maximum absolute atomic E-state index is 3.63. The highest BCUT2D eigenvalue weighted by molar-refractivity contribution is 9.09. The summed E-state index contributed by atoms with van der Waals surface area (Å²) in [5.41, 5.74) is 1.51. The summed E-state index contributed by atoms with van der Waals surface area (Å²) in [5.74, 6) is 0.837. The molecule has 1 aromatic heterocycles. The average Bonchev–Trinajstić information content (AvgIpc) is 2.83. The monoisotopic (exact) mass is 323 g/mol. The molecule has 1 fully saturated rings. The van der Waals surface area contributed by atoms with Crippen molar-refractivity contribution in [2.45, 2.75) is 19.4 Å². The minimum Gasteiger partial charge on any atom is -0.299 e. The number of thiophene rings is 1. The van der Waals surface area contributed by atoms with Crippen molar-refractivity contribution < 1.29 is 0 Å². The smallest absolute Gasteiger partial charge is 0.0346 e. The molecule has 1 aromatic carbocycles. The van der Waals surface area contributed by atoms with E-state index >= 15 is 0 Å². The topological polar surface area (TPSA) is 3.24 Å². The van der Waals surface area contributed by atoms with Gasteiger partial charge in [0.2, 0.25) is 0 Å². The van der Waals surface area contributed by atoms with Gasteiger partial charge in [0.25, 0.3) is 0 Å². The second-order valence-electron chi connectivity index (χ2n) is 5.15. The van der Waals surface area contributed by atoms with Crippen LogP contribution < -0.4 is 0 Å². The number of nitrogens with zero attached hydrogens (tertiary/aromatic N) is 1. The Balaban J connectivity index is 1.76. The molecule has 1 unspecified atom stereocenters. The van der Waals surface area contributed by atoms with Gasteiger partial charge in [0.1, 0.15) is 0 Å². The van der Waals surface area contributed by atoms with Crippen molar-refractivity contribution in [3.05, 3.63) is 35.2 Å². The molecule has 0 amide bonds. The second-order valence-corrected chi connectivity index (χ2v) is 6.71. The van der Waals surface area contributed by atoms with Crippen LogP contribution in [0.4, 0.5) is 0 Å². The van der Waals surface area contributed by atoms with Gasteiger partial charge in [-0.25, -0.2) is 0 Å². The molecule has 0 radical (unpaired) electrons. The van der Waals surface area contributed by atoms with Crippen LogP contribution in [-0.2, 0) is 6.54 Å². The Morgan fingerprint density at radius 3 is 3.11 bits per heavy atom. The molecule has 3 heteroatoms. The van der Waals surface area contributed by atoms with Gasteiger partial charge in [0, 0.05) is 23.1 Å². The molecule has 0 bridgehead atoms. The summed E-state index contributed by atoms with van der Waals surface area (Å²) in [6.45, 7) is 3.62. The largest absolute Gasteiger partial charge is 0.299 e. The van der Waals surface area contributed by atoms with Crippen LogP contribution in [0.3, 0.4) is 0 Å².